The maximum atomic E-state index is 12.7. The zero-order valence-corrected chi connectivity index (χ0v) is 11.9. The minimum atomic E-state index is -0.726. The number of nitrogens with one attached hydrogen (secondary N) is 1. The van der Waals surface area contributed by atoms with Gasteiger partial charge < -0.3 is 19.7 Å². The quantitative estimate of drug-likeness (QED) is 0.802. The van der Waals surface area contributed by atoms with Crippen LogP contribution in [0.3, 0.4) is 0 Å². The number of carbonyl (C=O) groups excluding carboxylic acids is 2. The number of methoxy groups -OCH3 is 1. The van der Waals surface area contributed by atoms with E-state index < -0.39 is 12.0 Å². The second-order valence-corrected chi connectivity index (χ2v) is 5.05. The number of esters is 1. The Bertz CT molecular complexity index is 725. The number of nitrogens with zero attached hydrogens (tertiary/aromatic N) is 2. The number of hydrogen-bond donors (Lipinski definition) is 2. The molecule has 0 bridgehead atoms. The summed E-state index contributed by atoms with van der Waals surface area (Å²) in [6, 6.07) is 5.31. The van der Waals surface area contributed by atoms with Gasteiger partial charge in [-0.05, 0) is 18.2 Å². The van der Waals surface area contributed by atoms with Crippen molar-refractivity contribution in [3.8, 4) is 5.75 Å². The van der Waals surface area contributed by atoms with Gasteiger partial charge in [0.25, 0.3) is 5.91 Å². The number of phenolic OH excluding ortho intramolecular Hbond substituents is 1. The number of phenols is 1. The standard InChI is InChI=1S/C15H15N3O4/c1-22-15(21)13-6-11-12(17-8-16-11)7-18(13)14(20)9-3-2-4-10(19)5-9/h2-5,8,13,19H,6-7H2,1H3,(H,16,17). The molecule has 1 unspecified atom stereocenters. The molecule has 1 aliphatic heterocycles. The van der Waals surface area contributed by atoms with Gasteiger partial charge in [-0.25, -0.2) is 9.78 Å². The van der Waals surface area contributed by atoms with Gasteiger partial charge in [0.05, 0.1) is 31.4 Å². The molecule has 1 amide bonds. The molecule has 0 saturated carbocycles. The monoisotopic (exact) mass is 301 g/mol. The molecule has 1 atom stereocenters. The van der Waals surface area contributed by atoms with Crippen LogP contribution in [0.15, 0.2) is 30.6 Å². The van der Waals surface area contributed by atoms with Crippen molar-refractivity contribution in [1.29, 1.82) is 0 Å². The molecule has 7 heteroatoms. The molecule has 2 heterocycles. The maximum absolute atomic E-state index is 12.7. The molecule has 3 rings (SSSR count). The Balaban J connectivity index is 1.95. The van der Waals surface area contributed by atoms with Crippen molar-refractivity contribution in [3.05, 3.63) is 47.5 Å². The highest BCUT2D eigenvalue weighted by Crippen LogP contribution is 2.24. The largest absolute Gasteiger partial charge is 0.508 e. The predicted molar refractivity (Wildman–Crippen MR) is 76.1 cm³/mol. The highest BCUT2D eigenvalue weighted by Gasteiger charge is 2.37. The van der Waals surface area contributed by atoms with Gasteiger partial charge in [-0.1, -0.05) is 6.07 Å². The van der Waals surface area contributed by atoms with Gasteiger partial charge in [0.2, 0.25) is 0 Å². The van der Waals surface area contributed by atoms with Crippen LogP contribution in [0.5, 0.6) is 5.75 Å². The van der Waals surface area contributed by atoms with Crippen LogP contribution in [0.2, 0.25) is 0 Å². The zero-order valence-electron chi connectivity index (χ0n) is 11.9. The number of hydrogen-bond acceptors (Lipinski definition) is 5. The van der Waals surface area contributed by atoms with E-state index in [1.807, 2.05) is 0 Å². The number of carbonyl (C=O) groups is 2. The topological polar surface area (TPSA) is 95.5 Å². The highest BCUT2D eigenvalue weighted by atomic mass is 16.5. The average Bonchev–Trinajstić information content (AvgIpc) is 2.99. The number of benzene rings is 1. The SMILES string of the molecule is COC(=O)C1Cc2nc[nH]c2CN1C(=O)c1cccc(O)c1. The van der Waals surface area contributed by atoms with Crippen molar-refractivity contribution in [2.75, 3.05) is 7.11 Å². The second kappa shape index (κ2) is 5.51. The fraction of sp³-hybridized carbons (Fsp3) is 0.267. The minimum absolute atomic E-state index is 0.000271. The summed E-state index contributed by atoms with van der Waals surface area (Å²) in [5.74, 6) is -0.826. The van der Waals surface area contributed by atoms with E-state index in [4.69, 9.17) is 4.74 Å². The molecular weight excluding hydrogens is 286 g/mol. The third kappa shape index (κ3) is 2.41. The lowest BCUT2D eigenvalue weighted by molar-refractivity contribution is -0.146. The molecule has 114 valence electrons. The number of H-pyrrole nitrogens is 1. The Morgan fingerprint density at radius 2 is 2.27 bits per heavy atom. The molecule has 2 N–H and O–H groups in total. The maximum Gasteiger partial charge on any atom is 0.329 e. The molecular formula is C15H15N3O4. The van der Waals surface area contributed by atoms with E-state index in [1.165, 1.54) is 24.1 Å². The van der Waals surface area contributed by atoms with Gasteiger partial charge in [0.1, 0.15) is 11.8 Å². The van der Waals surface area contributed by atoms with Gasteiger partial charge >= 0.3 is 5.97 Å². The van der Waals surface area contributed by atoms with Gasteiger partial charge in [-0.3, -0.25) is 4.79 Å². The summed E-state index contributed by atoms with van der Waals surface area (Å²) >= 11 is 0. The highest BCUT2D eigenvalue weighted by molar-refractivity contribution is 5.97. The molecule has 1 aromatic heterocycles. The summed E-state index contributed by atoms with van der Waals surface area (Å²) in [5.41, 5.74) is 1.88. The third-order valence-electron chi connectivity index (χ3n) is 3.73. The van der Waals surface area contributed by atoms with E-state index >= 15 is 0 Å². The van der Waals surface area contributed by atoms with Crippen LogP contribution < -0.4 is 0 Å². The second-order valence-electron chi connectivity index (χ2n) is 5.05. The van der Waals surface area contributed by atoms with Gasteiger partial charge in [0.15, 0.2) is 0 Å². The first-order valence-electron chi connectivity index (χ1n) is 6.79. The van der Waals surface area contributed by atoms with E-state index in [0.717, 1.165) is 11.4 Å². The number of fused-ring (bicyclic) bond motifs is 1. The Hall–Kier alpha value is -2.83. The number of aromatic amines is 1. The molecule has 22 heavy (non-hydrogen) atoms. The van der Waals surface area contributed by atoms with E-state index in [2.05, 4.69) is 9.97 Å². The normalized spacial score (nSPS) is 17.0. The van der Waals surface area contributed by atoms with E-state index in [1.54, 1.807) is 18.5 Å². The van der Waals surface area contributed by atoms with Crippen molar-refractivity contribution in [1.82, 2.24) is 14.9 Å². The zero-order chi connectivity index (χ0) is 15.7. The van der Waals surface area contributed by atoms with E-state index in [0.29, 0.717) is 12.0 Å². The van der Waals surface area contributed by atoms with Gasteiger partial charge in [-0.2, -0.15) is 0 Å². The van der Waals surface area contributed by atoms with Crippen molar-refractivity contribution >= 4 is 11.9 Å². The average molecular weight is 301 g/mol. The lowest BCUT2D eigenvalue weighted by Crippen LogP contribution is -2.49. The molecule has 0 spiro atoms. The smallest absolute Gasteiger partial charge is 0.329 e. The number of imidazole rings is 1. The molecule has 2 aromatic rings. The van der Waals surface area contributed by atoms with Crippen LogP contribution >= 0.6 is 0 Å². The Morgan fingerprint density at radius 1 is 1.45 bits per heavy atom. The number of ether oxygens (including phenoxy) is 1. The van der Waals surface area contributed by atoms with Crippen LogP contribution in [0.4, 0.5) is 0 Å². The summed E-state index contributed by atoms with van der Waals surface area (Å²) in [4.78, 5) is 33.3. The fourth-order valence-corrected chi connectivity index (χ4v) is 2.60. The van der Waals surface area contributed by atoms with E-state index in [-0.39, 0.29) is 18.2 Å². The van der Waals surface area contributed by atoms with Crippen LogP contribution in [0.25, 0.3) is 0 Å². The molecule has 0 fully saturated rings. The number of aromatic hydroxyl groups is 1. The molecule has 7 nitrogen and oxygen atoms in total. The summed E-state index contributed by atoms with van der Waals surface area (Å²) < 4.78 is 4.80. The van der Waals surface area contributed by atoms with Crippen LogP contribution in [0, 0.1) is 0 Å². The van der Waals surface area contributed by atoms with Crippen LogP contribution in [-0.2, 0) is 22.5 Å². The van der Waals surface area contributed by atoms with Gasteiger partial charge in [-0.15, -0.1) is 0 Å². The predicted octanol–water partition coefficient (Wildman–Crippen LogP) is 0.855. The first-order valence-corrected chi connectivity index (χ1v) is 6.79. The molecule has 1 aliphatic rings. The molecule has 1 aromatic carbocycles. The molecule has 0 aliphatic carbocycles. The lowest BCUT2D eigenvalue weighted by Gasteiger charge is -2.33. The number of amides is 1. The summed E-state index contributed by atoms with van der Waals surface area (Å²) in [6.07, 6.45) is 1.84. The van der Waals surface area contributed by atoms with Crippen LogP contribution in [0.1, 0.15) is 21.7 Å². The summed E-state index contributed by atoms with van der Waals surface area (Å²) in [7, 11) is 1.29. The Morgan fingerprint density at radius 3 is 3.00 bits per heavy atom. The lowest BCUT2D eigenvalue weighted by atomic mass is 10.0. The minimum Gasteiger partial charge on any atom is -0.508 e. The van der Waals surface area contributed by atoms with Crippen molar-refractivity contribution in [3.63, 3.8) is 0 Å². The molecule has 0 saturated heterocycles. The summed E-state index contributed by atoms with van der Waals surface area (Å²) in [6.45, 7) is 0.240. The third-order valence-corrected chi connectivity index (χ3v) is 3.73. The Kier molecular flexibility index (Phi) is 3.54. The molecule has 0 radical (unpaired) electrons. The van der Waals surface area contributed by atoms with Crippen molar-refractivity contribution in [2.24, 2.45) is 0 Å². The van der Waals surface area contributed by atoms with Crippen molar-refractivity contribution < 1.29 is 19.4 Å². The first kappa shape index (κ1) is 14.1. The van der Waals surface area contributed by atoms with Crippen LogP contribution in [-0.4, -0.2) is 45.0 Å². The van der Waals surface area contributed by atoms with E-state index in [9.17, 15) is 14.7 Å². The number of aromatic nitrogens is 2. The summed E-state index contributed by atoms with van der Waals surface area (Å²) in [5, 5.41) is 9.53. The number of rotatable bonds is 2. The Labute approximate surface area is 126 Å². The van der Waals surface area contributed by atoms with Gasteiger partial charge in [0, 0.05) is 12.0 Å². The first-order chi connectivity index (χ1) is 10.6. The van der Waals surface area contributed by atoms with Crippen molar-refractivity contribution in [2.45, 2.75) is 19.0 Å². The fourth-order valence-electron chi connectivity index (χ4n) is 2.60.